The molecule has 0 radical (unpaired) electrons. The summed E-state index contributed by atoms with van der Waals surface area (Å²) < 4.78 is 0.906. The molecule has 3 nitrogen and oxygen atoms in total. The number of hydrogen-bond acceptors (Lipinski definition) is 1. The third kappa shape index (κ3) is 2.60. The number of carbonyl (C=O) groups is 1. The van der Waals surface area contributed by atoms with Crippen molar-refractivity contribution in [1.29, 1.82) is 0 Å². The number of aromatic amines is 1. The minimum atomic E-state index is -0.107. The Kier molecular flexibility index (Phi) is 3.32. The average molecular weight is 329 g/mol. The summed E-state index contributed by atoms with van der Waals surface area (Å²) in [6, 6.07) is 13.4. The zero-order valence-corrected chi connectivity index (χ0v) is 12.5. The molecular weight excluding hydrogens is 316 g/mol. The SMILES string of the molecule is Cc1cc(Br)cc(C(=O)Nc2ccc3[nH]ccc3c2)c1. The van der Waals surface area contributed by atoms with E-state index >= 15 is 0 Å². The third-order valence-corrected chi connectivity index (χ3v) is 3.57. The van der Waals surface area contributed by atoms with Crippen molar-refractivity contribution in [1.82, 2.24) is 4.98 Å². The number of fused-ring (bicyclic) bond motifs is 1. The molecule has 0 saturated carbocycles. The monoisotopic (exact) mass is 328 g/mol. The van der Waals surface area contributed by atoms with Crippen molar-refractivity contribution in [3.05, 3.63) is 64.3 Å². The molecule has 1 aromatic heterocycles. The van der Waals surface area contributed by atoms with Crippen LogP contribution in [0.3, 0.4) is 0 Å². The molecule has 2 N–H and O–H groups in total. The quantitative estimate of drug-likeness (QED) is 0.715. The summed E-state index contributed by atoms with van der Waals surface area (Å²) in [5.41, 5.74) is 3.54. The van der Waals surface area contributed by atoms with Gasteiger partial charge >= 0.3 is 0 Å². The van der Waals surface area contributed by atoms with Gasteiger partial charge in [-0.15, -0.1) is 0 Å². The number of aryl methyl sites for hydroxylation is 1. The van der Waals surface area contributed by atoms with Gasteiger partial charge in [-0.05, 0) is 55.0 Å². The molecule has 0 aliphatic rings. The first-order valence-electron chi connectivity index (χ1n) is 6.27. The van der Waals surface area contributed by atoms with Crippen molar-refractivity contribution in [3.8, 4) is 0 Å². The molecule has 0 saturated heterocycles. The number of H-pyrrole nitrogens is 1. The second-order valence-electron chi connectivity index (χ2n) is 4.75. The Morgan fingerprint density at radius 3 is 2.80 bits per heavy atom. The molecule has 2 aromatic carbocycles. The molecule has 0 unspecified atom stereocenters. The topological polar surface area (TPSA) is 44.9 Å². The van der Waals surface area contributed by atoms with Crippen LogP contribution < -0.4 is 5.32 Å². The zero-order valence-electron chi connectivity index (χ0n) is 10.9. The van der Waals surface area contributed by atoms with Gasteiger partial charge in [0.15, 0.2) is 0 Å². The molecular formula is C16H13BrN2O. The van der Waals surface area contributed by atoms with Gasteiger partial charge in [-0.1, -0.05) is 15.9 Å². The number of aromatic nitrogens is 1. The first-order valence-corrected chi connectivity index (χ1v) is 7.07. The molecule has 0 fully saturated rings. The molecule has 0 bridgehead atoms. The lowest BCUT2D eigenvalue weighted by Crippen LogP contribution is -2.12. The molecule has 0 aliphatic heterocycles. The smallest absolute Gasteiger partial charge is 0.255 e. The van der Waals surface area contributed by atoms with E-state index in [9.17, 15) is 4.79 Å². The Morgan fingerprint density at radius 2 is 2.00 bits per heavy atom. The number of halogens is 1. The highest BCUT2D eigenvalue weighted by molar-refractivity contribution is 9.10. The number of amides is 1. The first-order chi connectivity index (χ1) is 9.61. The molecule has 1 amide bonds. The van der Waals surface area contributed by atoms with Crippen LogP contribution >= 0.6 is 15.9 Å². The van der Waals surface area contributed by atoms with Crippen LogP contribution in [0.25, 0.3) is 10.9 Å². The van der Waals surface area contributed by atoms with E-state index < -0.39 is 0 Å². The second-order valence-corrected chi connectivity index (χ2v) is 5.67. The van der Waals surface area contributed by atoms with Gasteiger partial charge in [-0.25, -0.2) is 0 Å². The molecule has 100 valence electrons. The normalized spacial score (nSPS) is 10.7. The molecule has 3 rings (SSSR count). The van der Waals surface area contributed by atoms with Gasteiger partial charge in [0.2, 0.25) is 0 Å². The molecule has 0 atom stereocenters. The van der Waals surface area contributed by atoms with E-state index in [1.54, 1.807) is 0 Å². The molecule has 3 aromatic rings. The summed E-state index contributed by atoms with van der Waals surface area (Å²) in [6.07, 6.45) is 1.88. The fourth-order valence-corrected chi connectivity index (χ4v) is 2.81. The van der Waals surface area contributed by atoms with Crippen LogP contribution in [0.15, 0.2) is 53.1 Å². The van der Waals surface area contributed by atoms with E-state index in [1.165, 1.54) is 0 Å². The lowest BCUT2D eigenvalue weighted by molar-refractivity contribution is 0.102. The van der Waals surface area contributed by atoms with Crippen molar-refractivity contribution in [3.63, 3.8) is 0 Å². The zero-order chi connectivity index (χ0) is 14.1. The number of benzene rings is 2. The van der Waals surface area contributed by atoms with Crippen LogP contribution in [0, 0.1) is 6.92 Å². The Bertz CT molecular complexity index is 772. The maximum atomic E-state index is 12.3. The minimum absolute atomic E-state index is 0.107. The third-order valence-electron chi connectivity index (χ3n) is 3.12. The highest BCUT2D eigenvalue weighted by Gasteiger charge is 2.08. The van der Waals surface area contributed by atoms with E-state index in [1.807, 2.05) is 55.6 Å². The number of nitrogens with one attached hydrogen (secondary N) is 2. The number of anilines is 1. The van der Waals surface area contributed by atoms with Crippen molar-refractivity contribution in [2.75, 3.05) is 5.32 Å². The molecule has 20 heavy (non-hydrogen) atoms. The Hall–Kier alpha value is -2.07. The van der Waals surface area contributed by atoms with Crippen LogP contribution in [-0.2, 0) is 0 Å². The van der Waals surface area contributed by atoms with Gasteiger partial charge in [0, 0.05) is 32.8 Å². The Morgan fingerprint density at radius 1 is 1.15 bits per heavy atom. The van der Waals surface area contributed by atoms with Gasteiger partial charge in [-0.2, -0.15) is 0 Å². The van der Waals surface area contributed by atoms with E-state index in [2.05, 4.69) is 26.2 Å². The van der Waals surface area contributed by atoms with Crippen molar-refractivity contribution in [2.24, 2.45) is 0 Å². The van der Waals surface area contributed by atoms with E-state index in [0.29, 0.717) is 5.56 Å². The summed E-state index contributed by atoms with van der Waals surface area (Å²) in [6.45, 7) is 1.97. The van der Waals surface area contributed by atoms with Crippen LogP contribution in [0.5, 0.6) is 0 Å². The maximum Gasteiger partial charge on any atom is 0.255 e. The van der Waals surface area contributed by atoms with Crippen molar-refractivity contribution < 1.29 is 4.79 Å². The lowest BCUT2D eigenvalue weighted by Gasteiger charge is -2.07. The van der Waals surface area contributed by atoms with Gasteiger partial charge in [-0.3, -0.25) is 4.79 Å². The highest BCUT2D eigenvalue weighted by atomic mass is 79.9. The summed E-state index contributed by atoms with van der Waals surface area (Å²) >= 11 is 3.41. The summed E-state index contributed by atoms with van der Waals surface area (Å²) in [7, 11) is 0. The lowest BCUT2D eigenvalue weighted by atomic mass is 10.1. The Labute approximate surface area is 125 Å². The second kappa shape index (κ2) is 5.13. The van der Waals surface area contributed by atoms with E-state index in [4.69, 9.17) is 0 Å². The number of hydrogen-bond donors (Lipinski definition) is 2. The number of rotatable bonds is 2. The van der Waals surface area contributed by atoms with Gasteiger partial charge in [0.1, 0.15) is 0 Å². The van der Waals surface area contributed by atoms with Crippen molar-refractivity contribution >= 4 is 38.4 Å². The van der Waals surface area contributed by atoms with E-state index in [0.717, 1.165) is 26.6 Å². The average Bonchev–Trinajstić information content (AvgIpc) is 2.85. The number of carbonyl (C=O) groups excluding carboxylic acids is 1. The largest absolute Gasteiger partial charge is 0.361 e. The molecule has 1 heterocycles. The maximum absolute atomic E-state index is 12.3. The van der Waals surface area contributed by atoms with E-state index in [-0.39, 0.29) is 5.91 Å². The van der Waals surface area contributed by atoms with Crippen LogP contribution in [0.1, 0.15) is 15.9 Å². The van der Waals surface area contributed by atoms with Gasteiger partial charge in [0.05, 0.1) is 0 Å². The standard InChI is InChI=1S/C16H13BrN2O/c1-10-6-12(8-13(17)7-10)16(20)19-14-2-3-15-11(9-14)4-5-18-15/h2-9,18H,1H3,(H,19,20). The van der Waals surface area contributed by atoms with Crippen molar-refractivity contribution in [2.45, 2.75) is 6.92 Å². The van der Waals surface area contributed by atoms with Gasteiger partial charge < -0.3 is 10.3 Å². The fraction of sp³-hybridized carbons (Fsp3) is 0.0625. The summed E-state index contributed by atoms with van der Waals surface area (Å²) in [4.78, 5) is 15.4. The molecule has 0 aliphatic carbocycles. The van der Waals surface area contributed by atoms with Crippen LogP contribution in [0.2, 0.25) is 0 Å². The summed E-state index contributed by atoms with van der Waals surface area (Å²) in [5.74, 6) is -0.107. The molecule has 4 heteroatoms. The van der Waals surface area contributed by atoms with Gasteiger partial charge in [0.25, 0.3) is 5.91 Å². The Balaban J connectivity index is 1.87. The minimum Gasteiger partial charge on any atom is -0.361 e. The first kappa shape index (κ1) is 12.9. The predicted molar refractivity (Wildman–Crippen MR) is 85.1 cm³/mol. The fourth-order valence-electron chi connectivity index (χ4n) is 2.20. The summed E-state index contributed by atoms with van der Waals surface area (Å²) in [5, 5.41) is 4.00. The van der Waals surface area contributed by atoms with Crippen LogP contribution in [-0.4, -0.2) is 10.9 Å². The van der Waals surface area contributed by atoms with Crippen LogP contribution in [0.4, 0.5) is 5.69 Å². The highest BCUT2D eigenvalue weighted by Crippen LogP contribution is 2.20. The predicted octanol–water partition coefficient (Wildman–Crippen LogP) is 4.49. The molecule has 0 spiro atoms.